The Kier molecular flexibility index (Phi) is 6.50. The Labute approximate surface area is 218 Å². The topological polar surface area (TPSA) is 79.6 Å². The van der Waals surface area contributed by atoms with Crippen molar-refractivity contribution in [3.05, 3.63) is 77.1 Å². The van der Waals surface area contributed by atoms with Crippen molar-refractivity contribution >= 4 is 51.6 Å². The van der Waals surface area contributed by atoms with E-state index in [4.69, 9.17) is 12.3 Å². The molecule has 194 valence electrons. The van der Waals surface area contributed by atoms with Crippen molar-refractivity contribution in [2.24, 2.45) is 0 Å². The predicted molar refractivity (Wildman–Crippen MR) is 141 cm³/mol. The summed E-state index contributed by atoms with van der Waals surface area (Å²) in [6.07, 6.45) is -0.343. The molecule has 0 bridgehead atoms. The van der Waals surface area contributed by atoms with Crippen molar-refractivity contribution in [1.29, 1.82) is 0 Å². The molecule has 0 atom stereocenters. The summed E-state index contributed by atoms with van der Waals surface area (Å²) >= 11 is 0. The molecule has 2 radical (unpaired) electrons. The van der Waals surface area contributed by atoms with Gasteiger partial charge < -0.3 is 9.73 Å². The van der Waals surface area contributed by atoms with Crippen LogP contribution in [0.1, 0.15) is 46.7 Å². The van der Waals surface area contributed by atoms with Crippen LogP contribution in [-0.4, -0.2) is 35.5 Å². The van der Waals surface area contributed by atoms with Gasteiger partial charge in [-0.25, -0.2) is 25.9 Å². The van der Waals surface area contributed by atoms with E-state index in [2.05, 4.69) is 5.32 Å². The number of rotatable bonds is 7. The van der Waals surface area contributed by atoms with Gasteiger partial charge in [0.2, 0.25) is 10.0 Å². The van der Waals surface area contributed by atoms with Gasteiger partial charge in [-0.05, 0) is 66.8 Å². The molecule has 1 aliphatic carbocycles. The summed E-state index contributed by atoms with van der Waals surface area (Å²) in [5.74, 6) is -0.696. The first-order chi connectivity index (χ1) is 18.0. The van der Waals surface area contributed by atoms with Crippen LogP contribution in [0.2, 0.25) is 0 Å². The number of alkyl halides is 2. The Morgan fingerprint density at radius 1 is 1.11 bits per heavy atom. The Morgan fingerprint density at radius 2 is 1.79 bits per heavy atom. The Balaban J connectivity index is 1.79. The van der Waals surface area contributed by atoms with Gasteiger partial charge in [-0.2, -0.15) is 0 Å². The summed E-state index contributed by atoms with van der Waals surface area (Å²) in [7, 11) is 3.15. The van der Waals surface area contributed by atoms with Crippen LogP contribution >= 0.6 is 0 Å². The van der Waals surface area contributed by atoms with Crippen molar-refractivity contribution in [2.45, 2.75) is 25.2 Å². The van der Waals surface area contributed by atoms with Gasteiger partial charge in [0.1, 0.15) is 25.0 Å². The maximum absolute atomic E-state index is 13.6. The molecule has 1 fully saturated rings. The smallest absolute Gasteiger partial charge is 0.263 e. The van der Waals surface area contributed by atoms with Gasteiger partial charge in [-0.1, -0.05) is 11.5 Å². The minimum Gasteiger partial charge on any atom is -0.455 e. The first kappa shape index (κ1) is 25.9. The van der Waals surface area contributed by atoms with Gasteiger partial charge in [0.05, 0.1) is 23.2 Å². The van der Waals surface area contributed by atoms with Crippen LogP contribution in [0.3, 0.4) is 0 Å². The summed E-state index contributed by atoms with van der Waals surface area (Å²) in [5, 5.41) is 3.04. The van der Waals surface area contributed by atoms with Gasteiger partial charge >= 0.3 is 0 Å². The highest BCUT2D eigenvalue weighted by atomic mass is 32.2. The molecule has 0 spiro atoms. The van der Waals surface area contributed by atoms with Crippen LogP contribution in [0, 0.1) is 5.82 Å². The van der Waals surface area contributed by atoms with E-state index < -0.39 is 33.7 Å². The maximum atomic E-state index is 13.6. The second-order valence-corrected chi connectivity index (χ2v) is 11.0. The molecule has 38 heavy (non-hydrogen) atoms. The van der Waals surface area contributed by atoms with E-state index >= 15 is 0 Å². The standard InChI is InChI=1S/C27H22BF3N2O4S/c1-32-27(34)24-20-12-18(14-3-4-14)22(13-23(20)37-25(24)15-5-7-16(29)8-6-15)33(38(2,35)36)17-9-10-21(28)19(11-17)26(30)31/h5-14,26H,3-4H2,1-2H3,(H,32,34). The zero-order chi connectivity index (χ0) is 27.4. The summed E-state index contributed by atoms with van der Waals surface area (Å²) in [4.78, 5) is 12.9. The fourth-order valence-electron chi connectivity index (χ4n) is 4.59. The van der Waals surface area contributed by atoms with E-state index in [1.807, 2.05) is 0 Å². The summed E-state index contributed by atoms with van der Waals surface area (Å²) in [6.45, 7) is 0. The second kappa shape index (κ2) is 9.54. The second-order valence-electron chi connectivity index (χ2n) is 9.21. The quantitative estimate of drug-likeness (QED) is 0.324. The molecule has 6 nitrogen and oxygen atoms in total. The number of furan rings is 1. The Morgan fingerprint density at radius 3 is 2.37 bits per heavy atom. The average Bonchev–Trinajstić information content (AvgIpc) is 3.64. The number of fused-ring (bicyclic) bond motifs is 1. The van der Waals surface area contributed by atoms with Crippen molar-refractivity contribution < 1.29 is 30.8 Å². The molecular formula is C27H22BF3N2O4S. The normalized spacial score (nSPS) is 13.7. The molecule has 0 saturated heterocycles. The SMILES string of the molecule is [B]c1ccc(N(c2cc3oc(-c4ccc(F)cc4)c(C(=O)NC)c3cc2C2CC2)S(C)(=O)=O)cc1C(F)F. The van der Waals surface area contributed by atoms with E-state index in [1.165, 1.54) is 49.5 Å². The lowest BCUT2D eigenvalue weighted by Gasteiger charge is -2.26. The van der Waals surface area contributed by atoms with Crippen LogP contribution in [-0.2, 0) is 10.0 Å². The van der Waals surface area contributed by atoms with Crippen LogP contribution in [0.4, 0.5) is 24.5 Å². The molecule has 1 aromatic heterocycles. The van der Waals surface area contributed by atoms with E-state index in [1.54, 1.807) is 6.07 Å². The lowest BCUT2D eigenvalue weighted by atomic mass is 9.90. The molecular weight excluding hydrogens is 516 g/mol. The third-order valence-electron chi connectivity index (χ3n) is 6.51. The number of halogens is 3. The van der Waals surface area contributed by atoms with Crippen LogP contribution < -0.4 is 15.1 Å². The molecule has 1 N–H and O–H groups in total. The fourth-order valence-corrected chi connectivity index (χ4v) is 5.60. The molecule has 3 aromatic carbocycles. The predicted octanol–water partition coefficient (Wildman–Crippen LogP) is 5.31. The number of hydrogen-bond acceptors (Lipinski definition) is 4. The highest BCUT2D eigenvalue weighted by Gasteiger charge is 2.34. The Hall–Kier alpha value is -3.73. The Bertz CT molecular complexity index is 1670. The van der Waals surface area contributed by atoms with E-state index in [0.717, 1.165) is 29.5 Å². The van der Waals surface area contributed by atoms with Crippen molar-refractivity contribution in [2.75, 3.05) is 17.6 Å². The summed E-state index contributed by atoms with van der Waals surface area (Å²) < 4.78 is 74.0. The number of sulfonamides is 1. The van der Waals surface area contributed by atoms with E-state index in [-0.39, 0.29) is 39.7 Å². The lowest BCUT2D eigenvalue weighted by Crippen LogP contribution is -2.26. The lowest BCUT2D eigenvalue weighted by molar-refractivity contribution is 0.0964. The van der Waals surface area contributed by atoms with Crippen molar-refractivity contribution in [1.82, 2.24) is 5.32 Å². The minimum absolute atomic E-state index is 0.00343. The average molecular weight is 538 g/mol. The first-order valence-electron chi connectivity index (χ1n) is 11.8. The number of hydrogen-bond donors (Lipinski definition) is 1. The van der Waals surface area contributed by atoms with Gasteiger partial charge in [-0.3, -0.25) is 4.79 Å². The van der Waals surface area contributed by atoms with Gasteiger partial charge in [0.15, 0.2) is 0 Å². The maximum Gasteiger partial charge on any atom is 0.263 e. The molecule has 5 rings (SSSR count). The highest BCUT2D eigenvalue weighted by molar-refractivity contribution is 7.92. The van der Waals surface area contributed by atoms with Crippen molar-refractivity contribution in [3.63, 3.8) is 0 Å². The largest absolute Gasteiger partial charge is 0.455 e. The van der Waals surface area contributed by atoms with Gasteiger partial charge in [0, 0.05) is 29.6 Å². The van der Waals surface area contributed by atoms with Crippen molar-refractivity contribution in [3.8, 4) is 11.3 Å². The number of nitrogens with zero attached hydrogens (tertiary/aromatic N) is 1. The molecule has 11 heteroatoms. The number of nitrogens with one attached hydrogen (secondary N) is 1. The number of benzene rings is 3. The fraction of sp³-hybridized carbons (Fsp3) is 0.222. The van der Waals surface area contributed by atoms with E-state index in [9.17, 15) is 26.4 Å². The number of carbonyl (C=O) groups is 1. The number of carbonyl (C=O) groups excluding carboxylic acids is 1. The van der Waals surface area contributed by atoms with Crippen LogP contribution in [0.5, 0.6) is 0 Å². The minimum atomic E-state index is -4.02. The van der Waals surface area contributed by atoms with Crippen LogP contribution in [0.15, 0.2) is 59.0 Å². The summed E-state index contributed by atoms with van der Waals surface area (Å²) in [5.41, 5.74) is 1.11. The van der Waals surface area contributed by atoms with Gasteiger partial charge in [-0.15, -0.1) is 0 Å². The molecule has 1 heterocycles. The number of amides is 1. The summed E-state index contributed by atoms with van der Waals surface area (Å²) in [6, 6.07) is 12.3. The zero-order valence-corrected chi connectivity index (χ0v) is 21.3. The molecule has 0 unspecified atom stereocenters. The van der Waals surface area contributed by atoms with Gasteiger partial charge in [0.25, 0.3) is 12.3 Å². The molecule has 0 aliphatic heterocycles. The first-order valence-corrected chi connectivity index (χ1v) is 13.6. The molecule has 4 aromatic rings. The highest BCUT2D eigenvalue weighted by Crippen LogP contribution is 2.49. The third-order valence-corrected chi connectivity index (χ3v) is 7.58. The third kappa shape index (κ3) is 4.66. The van der Waals surface area contributed by atoms with Crippen LogP contribution in [0.25, 0.3) is 22.3 Å². The molecule has 1 amide bonds. The zero-order valence-electron chi connectivity index (χ0n) is 20.5. The monoisotopic (exact) mass is 538 g/mol. The molecule has 1 saturated carbocycles. The molecule has 1 aliphatic rings. The van der Waals surface area contributed by atoms with E-state index in [0.29, 0.717) is 16.5 Å². The number of anilines is 2.